The van der Waals surface area contributed by atoms with E-state index in [1.54, 1.807) is 31.2 Å². The lowest BCUT2D eigenvalue weighted by molar-refractivity contribution is -0.141. The number of esters is 1. The first-order chi connectivity index (χ1) is 8.63. The molecule has 0 bridgehead atoms. The predicted octanol–water partition coefficient (Wildman–Crippen LogP) is 0.874. The first-order valence-electron chi connectivity index (χ1n) is 5.48. The summed E-state index contributed by atoms with van der Waals surface area (Å²) in [6.45, 7) is 1.73. The second kappa shape index (κ2) is 7.05. The molecule has 1 rings (SSSR count). The Labute approximate surface area is 105 Å². The molecule has 1 aromatic rings. The van der Waals surface area contributed by atoms with Gasteiger partial charge in [-0.3, -0.25) is 15.5 Å². The summed E-state index contributed by atoms with van der Waals surface area (Å²) in [5, 5.41) is 12.3. The van der Waals surface area contributed by atoms with Crippen molar-refractivity contribution in [2.45, 2.75) is 6.92 Å². The highest BCUT2D eigenvalue weighted by molar-refractivity contribution is 6.06. The summed E-state index contributed by atoms with van der Waals surface area (Å²) in [7, 11) is 0. The zero-order valence-corrected chi connectivity index (χ0v) is 10.0. The van der Waals surface area contributed by atoms with E-state index in [1.807, 2.05) is 6.07 Å². The van der Waals surface area contributed by atoms with Crippen molar-refractivity contribution in [3.8, 4) is 0 Å². The van der Waals surface area contributed by atoms with E-state index in [0.717, 1.165) is 0 Å². The van der Waals surface area contributed by atoms with Crippen LogP contribution in [0.1, 0.15) is 12.5 Å². The Morgan fingerprint density at radius 3 is 2.56 bits per heavy atom. The lowest BCUT2D eigenvalue weighted by atomic mass is 10.2. The maximum atomic E-state index is 11.4. The molecule has 0 heterocycles. The molecule has 0 fully saturated rings. The zero-order valence-electron chi connectivity index (χ0n) is 10.0. The monoisotopic (exact) mass is 249 g/mol. The zero-order chi connectivity index (χ0) is 13.4. The highest BCUT2D eigenvalue weighted by atomic mass is 16.5. The van der Waals surface area contributed by atoms with E-state index in [1.165, 1.54) is 0 Å². The third-order valence-electron chi connectivity index (χ3n) is 2.00. The summed E-state index contributed by atoms with van der Waals surface area (Å²) in [6, 6.07) is 8.14. The van der Waals surface area contributed by atoms with Gasteiger partial charge in [-0.25, -0.2) is 4.79 Å². The van der Waals surface area contributed by atoms with Crippen molar-refractivity contribution in [1.29, 1.82) is 5.41 Å². The molecule has 0 aliphatic rings. The lowest BCUT2D eigenvalue weighted by Crippen LogP contribution is -2.41. The Morgan fingerprint density at radius 2 is 1.94 bits per heavy atom. The van der Waals surface area contributed by atoms with E-state index in [4.69, 9.17) is 5.41 Å². The van der Waals surface area contributed by atoms with Crippen LogP contribution >= 0.6 is 0 Å². The summed E-state index contributed by atoms with van der Waals surface area (Å²) >= 11 is 0. The largest absolute Gasteiger partial charge is 0.465 e. The average molecular weight is 249 g/mol. The van der Waals surface area contributed by atoms with Crippen LogP contribution in [0.15, 0.2) is 30.3 Å². The molecule has 18 heavy (non-hydrogen) atoms. The number of rotatable bonds is 4. The molecule has 0 unspecified atom stereocenters. The average Bonchev–Trinajstić information content (AvgIpc) is 2.38. The van der Waals surface area contributed by atoms with Crippen molar-refractivity contribution in [2.24, 2.45) is 0 Å². The van der Waals surface area contributed by atoms with E-state index in [-0.39, 0.29) is 19.0 Å². The quantitative estimate of drug-likeness (QED) is 0.420. The van der Waals surface area contributed by atoms with Gasteiger partial charge in [-0.15, -0.1) is 0 Å². The maximum absolute atomic E-state index is 11.4. The maximum Gasteiger partial charge on any atom is 0.325 e. The minimum Gasteiger partial charge on any atom is -0.465 e. The molecular weight excluding hydrogens is 234 g/mol. The van der Waals surface area contributed by atoms with Gasteiger partial charge in [-0.05, 0) is 6.92 Å². The molecule has 6 heteroatoms. The molecule has 0 aliphatic heterocycles. The van der Waals surface area contributed by atoms with Crippen LogP contribution in [0.2, 0.25) is 0 Å². The van der Waals surface area contributed by atoms with Crippen molar-refractivity contribution < 1.29 is 14.3 Å². The molecule has 0 spiro atoms. The number of hydrogen-bond acceptors (Lipinski definition) is 4. The van der Waals surface area contributed by atoms with Crippen LogP contribution in [0.25, 0.3) is 0 Å². The van der Waals surface area contributed by atoms with E-state index in [2.05, 4.69) is 15.4 Å². The second-order valence-corrected chi connectivity index (χ2v) is 3.35. The number of benzene rings is 1. The second-order valence-electron chi connectivity index (χ2n) is 3.35. The lowest BCUT2D eigenvalue weighted by Gasteiger charge is -2.08. The van der Waals surface area contributed by atoms with Gasteiger partial charge in [-0.1, -0.05) is 30.3 Å². The number of nitrogens with one attached hydrogen (secondary N) is 3. The fraction of sp³-hybridized carbons (Fsp3) is 0.250. The standard InChI is InChI=1S/C12H15N3O3/c1-2-18-10(16)8-14-12(17)15-11(13)9-6-4-3-5-7-9/h3-7H,2,8H2,1H3,(H3,13,14,15,17). The summed E-state index contributed by atoms with van der Waals surface area (Å²) in [5.41, 5.74) is 0.587. The summed E-state index contributed by atoms with van der Waals surface area (Å²) in [6.07, 6.45) is 0. The van der Waals surface area contributed by atoms with Gasteiger partial charge in [0.15, 0.2) is 0 Å². The molecule has 0 saturated carbocycles. The van der Waals surface area contributed by atoms with E-state index >= 15 is 0 Å². The third-order valence-corrected chi connectivity index (χ3v) is 2.00. The molecule has 0 saturated heterocycles. The molecule has 1 aromatic carbocycles. The molecule has 6 nitrogen and oxygen atoms in total. The van der Waals surface area contributed by atoms with Gasteiger partial charge in [0.1, 0.15) is 12.4 Å². The Kier molecular flexibility index (Phi) is 5.37. The number of ether oxygens (including phenoxy) is 1. The fourth-order valence-corrected chi connectivity index (χ4v) is 1.20. The Bertz CT molecular complexity index is 431. The van der Waals surface area contributed by atoms with Crippen LogP contribution in [0.3, 0.4) is 0 Å². The summed E-state index contributed by atoms with van der Waals surface area (Å²) < 4.78 is 4.65. The van der Waals surface area contributed by atoms with Crippen LogP contribution < -0.4 is 10.6 Å². The van der Waals surface area contributed by atoms with Gasteiger partial charge >= 0.3 is 12.0 Å². The fourth-order valence-electron chi connectivity index (χ4n) is 1.20. The van der Waals surface area contributed by atoms with Crippen molar-refractivity contribution in [1.82, 2.24) is 10.6 Å². The minimum atomic E-state index is -0.614. The van der Waals surface area contributed by atoms with Crippen molar-refractivity contribution in [3.05, 3.63) is 35.9 Å². The van der Waals surface area contributed by atoms with Crippen LogP contribution in [0.4, 0.5) is 4.79 Å². The first kappa shape index (κ1) is 13.7. The number of carbonyl (C=O) groups excluding carboxylic acids is 2. The van der Waals surface area contributed by atoms with E-state index in [0.29, 0.717) is 5.56 Å². The predicted molar refractivity (Wildman–Crippen MR) is 66.4 cm³/mol. The van der Waals surface area contributed by atoms with Crippen molar-refractivity contribution >= 4 is 17.8 Å². The van der Waals surface area contributed by atoms with Gasteiger partial charge < -0.3 is 10.1 Å². The highest BCUT2D eigenvalue weighted by Gasteiger charge is 2.08. The van der Waals surface area contributed by atoms with Gasteiger partial charge in [0.05, 0.1) is 6.61 Å². The molecule has 3 N–H and O–H groups in total. The number of amidine groups is 1. The normalized spacial score (nSPS) is 9.39. The van der Waals surface area contributed by atoms with Gasteiger partial charge in [0.25, 0.3) is 0 Å². The molecule has 96 valence electrons. The van der Waals surface area contributed by atoms with E-state index < -0.39 is 12.0 Å². The van der Waals surface area contributed by atoms with Crippen LogP contribution in [-0.2, 0) is 9.53 Å². The summed E-state index contributed by atoms with van der Waals surface area (Å²) in [4.78, 5) is 22.3. The Balaban J connectivity index is 2.37. The first-order valence-corrected chi connectivity index (χ1v) is 5.48. The summed E-state index contributed by atoms with van der Waals surface area (Å²) in [5.74, 6) is -0.546. The van der Waals surface area contributed by atoms with Crippen LogP contribution in [0.5, 0.6) is 0 Å². The van der Waals surface area contributed by atoms with Crippen LogP contribution in [0, 0.1) is 5.41 Å². The smallest absolute Gasteiger partial charge is 0.325 e. The highest BCUT2D eigenvalue weighted by Crippen LogP contribution is 1.97. The molecule has 0 radical (unpaired) electrons. The number of hydrogen-bond donors (Lipinski definition) is 3. The van der Waals surface area contributed by atoms with Gasteiger partial charge in [0, 0.05) is 5.56 Å². The van der Waals surface area contributed by atoms with E-state index in [9.17, 15) is 9.59 Å². The van der Waals surface area contributed by atoms with Gasteiger partial charge in [0.2, 0.25) is 0 Å². The minimum absolute atomic E-state index is 0.0306. The van der Waals surface area contributed by atoms with Crippen molar-refractivity contribution in [3.63, 3.8) is 0 Å². The SMILES string of the molecule is CCOC(=O)CNC(=O)NC(=N)c1ccccc1. The number of amides is 2. The molecular formula is C12H15N3O3. The Morgan fingerprint density at radius 1 is 1.28 bits per heavy atom. The molecule has 0 atom stereocenters. The molecule has 0 aromatic heterocycles. The number of carbonyl (C=O) groups is 2. The van der Waals surface area contributed by atoms with Gasteiger partial charge in [-0.2, -0.15) is 0 Å². The Hall–Kier alpha value is -2.37. The third kappa shape index (κ3) is 4.65. The molecule has 2 amide bonds. The van der Waals surface area contributed by atoms with Crippen molar-refractivity contribution in [2.75, 3.05) is 13.2 Å². The molecule has 0 aliphatic carbocycles. The topological polar surface area (TPSA) is 91.3 Å². The number of urea groups is 1. The van der Waals surface area contributed by atoms with Crippen LogP contribution in [-0.4, -0.2) is 31.0 Å².